The summed E-state index contributed by atoms with van der Waals surface area (Å²) in [7, 11) is 0. The van der Waals surface area contributed by atoms with Gasteiger partial charge in [0.25, 0.3) is 5.56 Å². The number of anilines is 1. The minimum absolute atomic E-state index is 0.0132. The Morgan fingerprint density at radius 1 is 1.29 bits per heavy atom. The van der Waals surface area contributed by atoms with Crippen LogP contribution in [-0.4, -0.2) is 40.2 Å². The SMILES string of the molecule is CCCNc1cnn(CC(=O)N2CCCCCC2)c(=O)c1. The van der Waals surface area contributed by atoms with Crippen LogP contribution >= 0.6 is 0 Å². The van der Waals surface area contributed by atoms with Crippen molar-refractivity contribution in [2.45, 2.75) is 45.6 Å². The number of hydrogen-bond donors (Lipinski definition) is 1. The summed E-state index contributed by atoms with van der Waals surface area (Å²) in [5.74, 6) is -0.0132. The molecule has 6 nitrogen and oxygen atoms in total. The second-order valence-corrected chi connectivity index (χ2v) is 5.46. The van der Waals surface area contributed by atoms with Crippen molar-refractivity contribution in [3.63, 3.8) is 0 Å². The number of nitrogens with one attached hydrogen (secondary N) is 1. The average Bonchev–Trinajstić information content (AvgIpc) is 2.76. The van der Waals surface area contributed by atoms with Crippen molar-refractivity contribution in [2.75, 3.05) is 25.0 Å². The molecule has 0 aromatic carbocycles. The number of carbonyl (C=O) groups excluding carboxylic acids is 1. The zero-order valence-corrected chi connectivity index (χ0v) is 12.7. The van der Waals surface area contributed by atoms with Crippen molar-refractivity contribution in [3.05, 3.63) is 22.6 Å². The van der Waals surface area contributed by atoms with Crippen molar-refractivity contribution in [1.29, 1.82) is 0 Å². The Hall–Kier alpha value is -1.85. The highest BCUT2D eigenvalue weighted by atomic mass is 16.2. The monoisotopic (exact) mass is 292 g/mol. The molecule has 1 N–H and O–H groups in total. The minimum atomic E-state index is -0.237. The first-order chi connectivity index (χ1) is 10.2. The minimum Gasteiger partial charge on any atom is -0.384 e. The molecule has 116 valence electrons. The van der Waals surface area contributed by atoms with Crippen molar-refractivity contribution in [3.8, 4) is 0 Å². The number of rotatable bonds is 5. The van der Waals surface area contributed by atoms with Gasteiger partial charge in [0.05, 0.1) is 11.9 Å². The van der Waals surface area contributed by atoms with Crippen LogP contribution in [-0.2, 0) is 11.3 Å². The smallest absolute Gasteiger partial charge is 0.269 e. The van der Waals surface area contributed by atoms with Gasteiger partial charge in [-0.15, -0.1) is 0 Å². The van der Waals surface area contributed by atoms with Gasteiger partial charge in [0.1, 0.15) is 6.54 Å². The highest BCUT2D eigenvalue weighted by molar-refractivity contribution is 5.75. The normalized spacial score (nSPS) is 15.6. The number of carbonyl (C=O) groups is 1. The number of amides is 1. The summed E-state index contributed by atoms with van der Waals surface area (Å²) >= 11 is 0. The fraction of sp³-hybridized carbons (Fsp3) is 0.667. The summed E-state index contributed by atoms with van der Waals surface area (Å²) in [4.78, 5) is 26.1. The van der Waals surface area contributed by atoms with Crippen LogP contribution in [0.3, 0.4) is 0 Å². The number of likely N-dealkylation sites (tertiary alicyclic amines) is 1. The van der Waals surface area contributed by atoms with Crippen LogP contribution in [0.25, 0.3) is 0 Å². The Kier molecular flexibility index (Phi) is 5.78. The maximum atomic E-state index is 12.2. The van der Waals surface area contributed by atoms with E-state index in [-0.39, 0.29) is 18.0 Å². The molecule has 0 radical (unpaired) electrons. The molecule has 1 aromatic heterocycles. The van der Waals surface area contributed by atoms with Crippen molar-refractivity contribution in [2.24, 2.45) is 0 Å². The first kappa shape index (κ1) is 15.5. The molecule has 0 aliphatic carbocycles. The third kappa shape index (κ3) is 4.58. The van der Waals surface area contributed by atoms with E-state index in [2.05, 4.69) is 17.3 Å². The second-order valence-electron chi connectivity index (χ2n) is 5.46. The lowest BCUT2D eigenvalue weighted by Gasteiger charge is -2.20. The molecular weight excluding hydrogens is 268 g/mol. The first-order valence-corrected chi connectivity index (χ1v) is 7.79. The summed E-state index contributed by atoms with van der Waals surface area (Å²) < 4.78 is 1.24. The van der Waals surface area contributed by atoms with E-state index in [1.807, 2.05) is 4.90 Å². The molecule has 2 rings (SSSR count). The second kappa shape index (κ2) is 7.81. The van der Waals surface area contributed by atoms with Gasteiger partial charge in [-0.1, -0.05) is 19.8 Å². The third-order valence-electron chi connectivity index (χ3n) is 3.69. The van der Waals surface area contributed by atoms with E-state index in [1.54, 1.807) is 6.20 Å². The van der Waals surface area contributed by atoms with Gasteiger partial charge in [0.2, 0.25) is 5.91 Å². The van der Waals surface area contributed by atoms with Gasteiger partial charge in [-0.25, -0.2) is 4.68 Å². The molecule has 0 atom stereocenters. The number of nitrogens with zero attached hydrogens (tertiary/aromatic N) is 3. The van der Waals surface area contributed by atoms with Crippen LogP contribution < -0.4 is 10.9 Å². The van der Waals surface area contributed by atoms with Gasteiger partial charge in [-0.2, -0.15) is 5.10 Å². The highest BCUT2D eigenvalue weighted by Crippen LogP contribution is 2.10. The van der Waals surface area contributed by atoms with E-state index in [4.69, 9.17) is 0 Å². The van der Waals surface area contributed by atoms with E-state index in [0.29, 0.717) is 5.69 Å². The van der Waals surface area contributed by atoms with Gasteiger partial charge < -0.3 is 10.2 Å². The standard InChI is InChI=1S/C15H24N4O2/c1-2-7-16-13-10-14(20)19(17-11-13)12-15(21)18-8-5-3-4-6-9-18/h10-11,16H,2-9,12H2,1H3. The molecule has 1 aromatic rings. The molecule has 1 saturated heterocycles. The quantitative estimate of drug-likeness (QED) is 0.892. The lowest BCUT2D eigenvalue weighted by atomic mass is 10.2. The van der Waals surface area contributed by atoms with Gasteiger partial charge in [-0.05, 0) is 19.3 Å². The van der Waals surface area contributed by atoms with Gasteiger partial charge in [0, 0.05) is 25.7 Å². The first-order valence-electron chi connectivity index (χ1n) is 7.79. The maximum Gasteiger partial charge on any atom is 0.269 e. The fourth-order valence-corrected chi connectivity index (χ4v) is 2.47. The van der Waals surface area contributed by atoms with E-state index in [1.165, 1.54) is 23.6 Å². The molecule has 0 saturated carbocycles. The topological polar surface area (TPSA) is 67.2 Å². The molecule has 21 heavy (non-hydrogen) atoms. The van der Waals surface area contributed by atoms with Crippen LogP contribution in [0, 0.1) is 0 Å². The molecule has 2 heterocycles. The Labute approximate surface area is 125 Å². The summed E-state index contributed by atoms with van der Waals surface area (Å²) in [5.41, 5.74) is 0.472. The summed E-state index contributed by atoms with van der Waals surface area (Å²) in [6.07, 6.45) is 7.05. The summed E-state index contributed by atoms with van der Waals surface area (Å²) in [6.45, 7) is 4.49. The van der Waals surface area contributed by atoms with Crippen LogP contribution in [0.1, 0.15) is 39.0 Å². The molecule has 1 aliphatic rings. The van der Waals surface area contributed by atoms with Gasteiger partial charge in [0.15, 0.2) is 0 Å². The zero-order chi connectivity index (χ0) is 15.1. The van der Waals surface area contributed by atoms with Crippen LogP contribution in [0.15, 0.2) is 17.1 Å². The number of aromatic nitrogens is 2. The number of hydrogen-bond acceptors (Lipinski definition) is 4. The molecule has 0 unspecified atom stereocenters. The van der Waals surface area contributed by atoms with Crippen LogP contribution in [0.5, 0.6) is 0 Å². The molecule has 0 spiro atoms. The van der Waals surface area contributed by atoms with Crippen molar-refractivity contribution >= 4 is 11.6 Å². The van der Waals surface area contributed by atoms with E-state index >= 15 is 0 Å². The molecule has 1 aliphatic heterocycles. The zero-order valence-electron chi connectivity index (χ0n) is 12.7. The fourth-order valence-electron chi connectivity index (χ4n) is 2.47. The predicted molar refractivity (Wildman–Crippen MR) is 82.3 cm³/mol. The van der Waals surface area contributed by atoms with Gasteiger partial charge in [-0.3, -0.25) is 9.59 Å². The third-order valence-corrected chi connectivity index (χ3v) is 3.69. The summed E-state index contributed by atoms with van der Waals surface area (Å²) in [5, 5.41) is 7.20. The average molecular weight is 292 g/mol. The lowest BCUT2D eigenvalue weighted by Crippen LogP contribution is -2.37. The van der Waals surface area contributed by atoms with Crippen LogP contribution in [0.4, 0.5) is 5.69 Å². The van der Waals surface area contributed by atoms with E-state index in [0.717, 1.165) is 38.9 Å². The molecule has 0 bridgehead atoms. The lowest BCUT2D eigenvalue weighted by molar-refractivity contribution is -0.132. The van der Waals surface area contributed by atoms with Crippen molar-refractivity contribution < 1.29 is 4.79 Å². The van der Waals surface area contributed by atoms with E-state index < -0.39 is 0 Å². The Morgan fingerprint density at radius 2 is 2.00 bits per heavy atom. The largest absolute Gasteiger partial charge is 0.384 e. The van der Waals surface area contributed by atoms with Gasteiger partial charge >= 0.3 is 0 Å². The Balaban J connectivity index is 1.98. The highest BCUT2D eigenvalue weighted by Gasteiger charge is 2.16. The molecule has 6 heteroatoms. The Morgan fingerprint density at radius 3 is 2.62 bits per heavy atom. The summed E-state index contributed by atoms with van der Waals surface area (Å²) in [6, 6.07) is 1.50. The molecule has 1 amide bonds. The molecular formula is C15H24N4O2. The van der Waals surface area contributed by atoms with Crippen LogP contribution in [0.2, 0.25) is 0 Å². The predicted octanol–water partition coefficient (Wildman–Crippen LogP) is 1.47. The van der Waals surface area contributed by atoms with Crippen molar-refractivity contribution in [1.82, 2.24) is 14.7 Å². The van der Waals surface area contributed by atoms with E-state index in [9.17, 15) is 9.59 Å². The Bertz CT molecular complexity index is 519. The maximum absolute atomic E-state index is 12.2. The molecule has 1 fully saturated rings.